The van der Waals surface area contributed by atoms with Crippen LogP contribution in [0.5, 0.6) is 0 Å². The third kappa shape index (κ3) is 5.08. The Kier molecular flexibility index (Phi) is 6.57. The van der Waals surface area contributed by atoms with Crippen molar-refractivity contribution in [2.75, 3.05) is 0 Å². The predicted octanol–water partition coefficient (Wildman–Crippen LogP) is 9.01. The summed E-state index contributed by atoms with van der Waals surface area (Å²) in [5.41, 5.74) is 9.45. The van der Waals surface area contributed by atoms with E-state index in [1.807, 2.05) is 73.7 Å². The first-order valence-electron chi connectivity index (χ1n) is 14.8. The fourth-order valence-corrected chi connectivity index (χ4v) is 5.64. The van der Waals surface area contributed by atoms with Crippen molar-refractivity contribution in [2.45, 2.75) is 6.92 Å². The van der Waals surface area contributed by atoms with Gasteiger partial charge in [0, 0.05) is 39.4 Å². The summed E-state index contributed by atoms with van der Waals surface area (Å²) in [7, 11) is 0. The Morgan fingerprint density at radius 1 is 0.422 bits per heavy atom. The van der Waals surface area contributed by atoms with E-state index in [2.05, 4.69) is 71.7 Å². The average molecular weight is 579 g/mol. The van der Waals surface area contributed by atoms with Gasteiger partial charge in [0.15, 0.2) is 17.5 Å². The highest BCUT2D eigenvalue weighted by Gasteiger charge is 2.14. The van der Waals surface area contributed by atoms with Gasteiger partial charge in [-0.2, -0.15) is 0 Å². The van der Waals surface area contributed by atoms with E-state index >= 15 is 0 Å². The van der Waals surface area contributed by atoms with Gasteiger partial charge in [0.25, 0.3) is 0 Å². The summed E-state index contributed by atoms with van der Waals surface area (Å²) in [6, 6.07) is 44.9. The second-order valence-corrected chi connectivity index (χ2v) is 10.9. The number of benzene rings is 4. The highest BCUT2D eigenvalue weighted by molar-refractivity contribution is 6.08. The van der Waals surface area contributed by atoms with Gasteiger partial charge in [-0.15, -0.1) is 0 Å². The molecule has 6 heteroatoms. The molecule has 0 amide bonds. The first-order chi connectivity index (χ1) is 22.2. The van der Waals surface area contributed by atoms with Crippen LogP contribution in [0.25, 0.3) is 78.5 Å². The van der Waals surface area contributed by atoms with Crippen molar-refractivity contribution in [3.05, 3.63) is 145 Å². The number of hydrogen-bond donors (Lipinski definition) is 0. The number of pyridine rings is 3. The zero-order valence-corrected chi connectivity index (χ0v) is 24.5. The SMILES string of the molecule is Cc1cc(-c2ccccc2)c2ccc3ccc(-c4ccc(-c5nc(-c6ccccc6)nc(-c6ccccn6)n5)cc4)nc3c2n1. The molecule has 8 aromatic rings. The van der Waals surface area contributed by atoms with Crippen molar-refractivity contribution in [3.8, 4) is 56.7 Å². The molecule has 0 aliphatic rings. The lowest BCUT2D eigenvalue weighted by molar-refractivity contribution is 1.06. The predicted molar refractivity (Wildman–Crippen MR) is 180 cm³/mol. The Morgan fingerprint density at radius 3 is 1.76 bits per heavy atom. The summed E-state index contributed by atoms with van der Waals surface area (Å²) in [5, 5.41) is 2.15. The van der Waals surface area contributed by atoms with Crippen LogP contribution in [-0.2, 0) is 0 Å². The minimum atomic E-state index is 0.532. The molecule has 4 heterocycles. The molecule has 0 N–H and O–H groups in total. The standard InChI is InChI=1S/C39H26N6/c1-25-24-32(26-10-4-2-5-11-26)31-21-19-28-20-22-33(42-35(28)36(31)41-25)27-15-17-30(18-16-27)38-43-37(29-12-6-3-7-13-29)44-39(45-38)34-14-8-9-23-40-34/h2-24H,1H3. The molecule has 6 nitrogen and oxygen atoms in total. The van der Waals surface area contributed by atoms with Gasteiger partial charge in [0.2, 0.25) is 0 Å². The lowest BCUT2D eigenvalue weighted by atomic mass is 9.98. The molecule has 212 valence electrons. The molecule has 0 saturated heterocycles. The number of aromatic nitrogens is 6. The Bertz CT molecular complexity index is 2250. The number of aryl methyl sites for hydroxylation is 1. The smallest absolute Gasteiger partial charge is 0.182 e. The van der Waals surface area contributed by atoms with Crippen molar-refractivity contribution >= 4 is 21.8 Å². The van der Waals surface area contributed by atoms with Crippen molar-refractivity contribution in [1.82, 2.24) is 29.9 Å². The second-order valence-electron chi connectivity index (χ2n) is 10.9. The van der Waals surface area contributed by atoms with E-state index in [1.54, 1.807) is 6.20 Å². The van der Waals surface area contributed by atoms with Crippen molar-refractivity contribution in [2.24, 2.45) is 0 Å². The van der Waals surface area contributed by atoms with E-state index in [4.69, 9.17) is 24.9 Å². The summed E-state index contributed by atoms with van der Waals surface area (Å²) >= 11 is 0. The fourth-order valence-electron chi connectivity index (χ4n) is 5.64. The number of rotatable bonds is 5. The lowest BCUT2D eigenvalue weighted by Crippen LogP contribution is -2.01. The molecule has 0 spiro atoms. The monoisotopic (exact) mass is 578 g/mol. The van der Waals surface area contributed by atoms with Crippen LogP contribution in [0, 0.1) is 6.92 Å². The van der Waals surface area contributed by atoms with Crippen LogP contribution in [0.15, 0.2) is 140 Å². The molecule has 0 aliphatic heterocycles. The summed E-state index contributed by atoms with van der Waals surface area (Å²) in [4.78, 5) is 29.0. The van der Waals surface area contributed by atoms with Crippen LogP contribution < -0.4 is 0 Å². The minimum Gasteiger partial charge on any atom is -0.253 e. The zero-order valence-electron chi connectivity index (χ0n) is 24.5. The zero-order chi connectivity index (χ0) is 30.2. The Hall–Kier alpha value is -6.14. The third-order valence-electron chi connectivity index (χ3n) is 7.85. The van der Waals surface area contributed by atoms with E-state index in [-0.39, 0.29) is 0 Å². The minimum absolute atomic E-state index is 0.532. The van der Waals surface area contributed by atoms with Crippen LogP contribution in [0.4, 0.5) is 0 Å². The fraction of sp³-hybridized carbons (Fsp3) is 0.0256. The highest BCUT2D eigenvalue weighted by atomic mass is 15.0. The molecule has 4 aromatic carbocycles. The quantitative estimate of drug-likeness (QED) is 0.190. The maximum atomic E-state index is 5.15. The molecular weight excluding hydrogens is 552 g/mol. The van der Waals surface area contributed by atoms with Crippen LogP contribution >= 0.6 is 0 Å². The molecule has 0 bridgehead atoms. The van der Waals surface area contributed by atoms with Crippen LogP contribution in [-0.4, -0.2) is 29.9 Å². The van der Waals surface area contributed by atoms with Crippen LogP contribution in [0.2, 0.25) is 0 Å². The summed E-state index contributed by atoms with van der Waals surface area (Å²) in [6.07, 6.45) is 1.74. The molecule has 0 radical (unpaired) electrons. The first-order valence-corrected chi connectivity index (χ1v) is 14.8. The van der Waals surface area contributed by atoms with Crippen molar-refractivity contribution < 1.29 is 0 Å². The van der Waals surface area contributed by atoms with Gasteiger partial charge in [-0.3, -0.25) is 9.97 Å². The Balaban J connectivity index is 1.21. The maximum absolute atomic E-state index is 5.15. The number of nitrogens with zero attached hydrogens (tertiary/aromatic N) is 6. The van der Waals surface area contributed by atoms with Crippen molar-refractivity contribution in [3.63, 3.8) is 0 Å². The molecule has 45 heavy (non-hydrogen) atoms. The molecule has 0 atom stereocenters. The van der Waals surface area contributed by atoms with Gasteiger partial charge < -0.3 is 0 Å². The van der Waals surface area contributed by atoms with Gasteiger partial charge >= 0.3 is 0 Å². The normalized spacial score (nSPS) is 11.2. The van der Waals surface area contributed by atoms with Crippen molar-refractivity contribution in [1.29, 1.82) is 0 Å². The Morgan fingerprint density at radius 2 is 1.04 bits per heavy atom. The average Bonchev–Trinajstić information content (AvgIpc) is 3.12. The molecule has 4 aromatic heterocycles. The van der Waals surface area contributed by atoms with Gasteiger partial charge in [0.1, 0.15) is 5.69 Å². The maximum Gasteiger partial charge on any atom is 0.182 e. The van der Waals surface area contributed by atoms with E-state index < -0.39 is 0 Å². The molecule has 0 aliphatic carbocycles. The number of hydrogen-bond acceptors (Lipinski definition) is 6. The molecular formula is C39H26N6. The Labute approximate surface area is 260 Å². The molecule has 0 saturated carbocycles. The largest absolute Gasteiger partial charge is 0.253 e. The molecule has 8 rings (SSSR count). The third-order valence-corrected chi connectivity index (χ3v) is 7.85. The van der Waals surface area contributed by atoms with Gasteiger partial charge in [-0.05, 0) is 42.3 Å². The van der Waals surface area contributed by atoms with Crippen LogP contribution in [0.1, 0.15) is 5.69 Å². The van der Waals surface area contributed by atoms with E-state index in [0.29, 0.717) is 23.2 Å². The topological polar surface area (TPSA) is 77.3 Å². The van der Waals surface area contributed by atoms with Gasteiger partial charge in [-0.1, -0.05) is 109 Å². The van der Waals surface area contributed by atoms with E-state index in [1.165, 1.54) is 5.56 Å². The first kappa shape index (κ1) is 26.5. The van der Waals surface area contributed by atoms with Gasteiger partial charge in [0.05, 0.1) is 16.7 Å². The van der Waals surface area contributed by atoms with Crippen LogP contribution in [0.3, 0.4) is 0 Å². The van der Waals surface area contributed by atoms with E-state index in [0.717, 1.165) is 55.4 Å². The summed E-state index contributed by atoms with van der Waals surface area (Å²) in [5.74, 6) is 1.72. The van der Waals surface area contributed by atoms with Gasteiger partial charge in [-0.25, -0.2) is 19.9 Å². The number of fused-ring (bicyclic) bond motifs is 3. The lowest BCUT2D eigenvalue weighted by Gasteiger charge is -2.11. The summed E-state index contributed by atoms with van der Waals surface area (Å²) < 4.78 is 0. The molecule has 0 fully saturated rings. The second kappa shape index (κ2) is 11.2. The van der Waals surface area contributed by atoms with E-state index in [9.17, 15) is 0 Å². The summed E-state index contributed by atoms with van der Waals surface area (Å²) in [6.45, 7) is 2.04. The molecule has 0 unspecified atom stereocenters. The highest BCUT2D eigenvalue weighted by Crippen LogP contribution is 2.34.